The maximum Gasteiger partial charge on any atom is 0.0962 e. The predicted octanol–water partition coefficient (Wildman–Crippen LogP) is 3.96. The first-order valence-corrected chi connectivity index (χ1v) is 8.09. The molecule has 2 saturated carbocycles. The molecule has 1 aromatic heterocycles. The summed E-state index contributed by atoms with van der Waals surface area (Å²) in [5.74, 6) is 0.769. The van der Waals surface area contributed by atoms with Gasteiger partial charge in [-0.3, -0.25) is 0 Å². The second kappa shape index (κ2) is 4.61. The number of hydrogen-bond donors (Lipinski definition) is 1. The monoisotopic (exact) mass is 264 g/mol. The first kappa shape index (κ1) is 12.6. The zero-order valence-electron chi connectivity index (χ0n) is 11.8. The lowest BCUT2D eigenvalue weighted by Crippen LogP contribution is -2.20. The number of rotatable bonds is 4. The molecule has 0 radical (unpaired) electrons. The van der Waals surface area contributed by atoms with Crippen LogP contribution in [0.4, 0.5) is 0 Å². The lowest BCUT2D eigenvalue weighted by atomic mass is 9.86. The van der Waals surface area contributed by atoms with Crippen LogP contribution in [0.5, 0.6) is 0 Å². The average Bonchev–Trinajstić information content (AvgIpc) is 2.93. The Kier molecular flexibility index (Phi) is 3.23. The van der Waals surface area contributed by atoms with E-state index in [1.165, 1.54) is 47.7 Å². The third-order valence-electron chi connectivity index (χ3n) is 4.01. The van der Waals surface area contributed by atoms with Crippen LogP contribution in [0, 0.1) is 0 Å². The highest BCUT2D eigenvalue weighted by molar-refractivity contribution is 7.11. The number of hydrogen-bond acceptors (Lipinski definition) is 3. The van der Waals surface area contributed by atoms with Gasteiger partial charge in [-0.25, -0.2) is 4.98 Å². The maximum absolute atomic E-state index is 4.98. The van der Waals surface area contributed by atoms with E-state index in [9.17, 15) is 0 Å². The van der Waals surface area contributed by atoms with Gasteiger partial charge in [-0.15, -0.1) is 11.3 Å². The normalized spacial score (nSPS) is 21.1. The van der Waals surface area contributed by atoms with E-state index in [2.05, 4.69) is 26.1 Å². The van der Waals surface area contributed by atoms with E-state index in [-0.39, 0.29) is 5.41 Å². The van der Waals surface area contributed by atoms with E-state index in [4.69, 9.17) is 4.98 Å². The molecule has 0 aliphatic heterocycles. The van der Waals surface area contributed by atoms with Crippen molar-refractivity contribution in [3.63, 3.8) is 0 Å². The molecular weight excluding hydrogens is 240 g/mol. The molecule has 3 rings (SSSR count). The van der Waals surface area contributed by atoms with Crippen LogP contribution in [-0.4, -0.2) is 11.0 Å². The molecule has 100 valence electrons. The molecule has 2 nitrogen and oxygen atoms in total. The fourth-order valence-corrected chi connectivity index (χ4v) is 3.83. The Labute approximate surface area is 114 Å². The van der Waals surface area contributed by atoms with Crippen molar-refractivity contribution in [2.24, 2.45) is 0 Å². The molecule has 0 spiro atoms. The Morgan fingerprint density at radius 1 is 1.22 bits per heavy atom. The van der Waals surface area contributed by atoms with Gasteiger partial charge >= 0.3 is 0 Å². The molecule has 2 aliphatic carbocycles. The van der Waals surface area contributed by atoms with Crippen molar-refractivity contribution in [3.8, 4) is 0 Å². The largest absolute Gasteiger partial charge is 0.309 e. The van der Waals surface area contributed by atoms with Gasteiger partial charge in [-0.1, -0.05) is 27.2 Å². The van der Waals surface area contributed by atoms with Gasteiger partial charge in [0.05, 0.1) is 10.7 Å². The summed E-state index contributed by atoms with van der Waals surface area (Å²) in [5.41, 5.74) is 1.52. The van der Waals surface area contributed by atoms with Crippen LogP contribution < -0.4 is 5.32 Å². The van der Waals surface area contributed by atoms with Crippen LogP contribution >= 0.6 is 11.3 Å². The van der Waals surface area contributed by atoms with E-state index in [0.29, 0.717) is 0 Å². The van der Waals surface area contributed by atoms with Crippen molar-refractivity contribution < 1.29 is 0 Å². The zero-order chi connectivity index (χ0) is 12.8. The van der Waals surface area contributed by atoms with E-state index < -0.39 is 0 Å². The molecule has 1 heterocycles. The lowest BCUT2D eigenvalue weighted by molar-refractivity contribution is 0.416. The molecule has 0 aromatic carbocycles. The number of nitrogens with one attached hydrogen (secondary N) is 1. The standard InChI is InChI=1S/C15H24N2S/c1-15(2,3)13-12(9-16-11-7-8-11)18-14(17-13)10-5-4-6-10/h10-11,16H,4-9H2,1-3H3. The zero-order valence-corrected chi connectivity index (χ0v) is 12.6. The molecule has 0 unspecified atom stereocenters. The fraction of sp³-hybridized carbons (Fsp3) is 0.800. The first-order chi connectivity index (χ1) is 8.54. The quantitative estimate of drug-likeness (QED) is 0.890. The minimum atomic E-state index is 0.180. The Morgan fingerprint density at radius 3 is 2.44 bits per heavy atom. The number of thiazole rings is 1. The molecule has 0 bridgehead atoms. The second-order valence-electron chi connectivity index (χ2n) is 6.86. The summed E-state index contributed by atoms with van der Waals surface area (Å²) in [5, 5.41) is 5.05. The van der Waals surface area contributed by atoms with Crippen molar-refractivity contribution >= 4 is 11.3 Å². The summed E-state index contributed by atoms with van der Waals surface area (Å²) in [4.78, 5) is 6.46. The van der Waals surface area contributed by atoms with E-state index in [1.807, 2.05) is 11.3 Å². The predicted molar refractivity (Wildman–Crippen MR) is 77.3 cm³/mol. The summed E-state index contributed by atoms with van der Waals surface area (Å²) in [6.07, 6.45) is 6.82. The fourth-order valence-electron chi connectivity index (χ4n) is 2.43. The molecule has 2 aliphatic rings. The molecule has 2 fully saturated rings. The summed E-state index contributed by atoms with van der Waals surface area (Å²) < 4.78 is 0. The summed E-state index contributed by atoms with van der Waals surface area (Å²) in [6, 6.07) is 0.784. The van der Waals surface area contributed by atoms with Gasteiger partial charge in [0.1, 0.15) is 0 Å². The van der Waals surface area contributed by atoms with E-state index in [0.717, 1.165) is 18.5 Å². The van der Waals surface area contributed by atoms with Crippen molar-refractivity contribution in [2.75, 3.05) is 0 Å². The molecule has 0 amide bonds. The Hall–Kier alpha value is -0.410. The van der Waals surface area contributed by atoms with Crippen LogP contribution in [0.25, 0.3) is 0 Å². The van der Waals surface area contributed by atoms with Crippen molar-refractivity contribution in [2.45, 2.75) is 76.8 Å². The summed E-state index contributed by atoms with van der Waals surface area (Å²) in [7, 11) is 0. The summed E-state index contributed by atoms with van der Waals surface area (Å²) >= 11 is 1.97. The maximum atomic E-state index is 4.98. The third kappa shape index (κ3) is 2.62. The molecule has 0 atom stereocenters. The molecule has 18 heavy (non-hydrogen) atoms. The van der Waals surface area contributed by atoms with Gasteiger partial charge in [-0.05, 0) is 25.7 Å². The van der Waals surface area contributed by atoms with E-state index in [1.54, 1.807) is 0 Å². The average molecular weight is 264 g/mol. The van der Waals surface area contributed by atoms with Crippen molar-refractivity contribution in [1.29, 1.82) is 0 Å². The summed E-state index contributed by atoms with van der Waals surface area (Å²) in [6.45, 7) is 7.88. The van der Waals surface area contributed by atoms with Crippen LogP contribution in [-0.2, 0) is 12.0 Å². The van der Waals surface area contributed by atoms with Gasteiger partial charge in [-0.2, -0.15) is 0 Å². The highest BCUT2D eigenvalue weighted by Crippen LogP contribution is 2.41. The van der Waals surface area contributed by atoms with Crippen molar-refractivity contribution in [3.05, 3.63) is 15.6 Å². The first-order valence-electron chi connectivity index (χ1n) is 7.27. The van der Waals surface area contributed by atoms with Gasteiger partial charge in [0.25, 0.3) is 0 Å². The molecule has 3 heteroatoms. The Bertz CT molecular complexity index is 422. The van der Waals surface area contributed by atoms with Crippen molar-refractivity contribution in [1.82, 2.24) is 10.3 Å². The van der Waals surface area contributed by atoms with Gasteiger partial charge in [0.15, 0.2) is 0 Å². The Balaban J connectivity index is 1.80. The molecule has 0 saturated heterocycles. The highest BCUT2D eigenvalue weighted by Gasteiger charge is 2.29. The van der Waals surface area contributed by atoms with Gasteiger partial charge in [0, 0.05) is 28.8 Å². The number of aromatic nitrogens is 1. The minimum Gasteiger partial charge on any atom is -0.309 e. The van der Waals surface area contributed by atoms with Gasteiger partial charge in [0.2, 0.25) is 0 Å². The second-order valence-corrected chi connectivity index (χ2v) is 7.97. The molecule has 1 N–H and O–H groups in total. The highest BCUT2D eigenvalue weighted by atomic mass is 32.1. The van der Waals surface area contributed by atoms with Crippen LogP contribution in [0.2, 0.25) is 0 Å². The van der Waals surface area contributed by atoms with Crippen LogP contribution in [0.3, 0.4) is 0 Å². The molecular formula is C15H24N2S. The smallest absolute Gasteiger partial charge is 0.0962 e. The van der Waals surface area contributed by atoms with E-state index >= 15 is 0 Å². The minimum absolute atomic E-state index is 0.180. The lowest BCUT2D eigenvalue weighted by Gasteiger charge is -2.23. The Morgan fingerprint density at radius 2 is 1.94 bits per heavy atom. The van der Waals surface area contributed by atoms with Crippen LogP contribution in [0.1, 0.15) is 74.4 Å². The van der Waals surface area contributed by atoms with Crippen LogP contribution in [0.15, 0.2) is 0 Å². The van der Waals surface area contributed by atoms with Gasteiger partial charge < -0.3 is 5.32 Å². The SMILES string of the molecule is CC(C)(C)c1nc(C2CCC2)sc1CNC1CC1. The topological polar surface area (TPSA) is 24.9 Å². The molecule has 1 aromatic rings. The number of nitrogens with zero attached hydrogens (tertiary/aromatic N) is 1. The third-order valence-corrected chi connectivity index (χ3v) is 5.23.